The van der Waals surface area contributed by atoms with E-state index in [0.29, 0.717) is 18.1 Å². The Labute approximate surface area is 194 Å². The molecule has 1 aliphatic heterocycles. The maximum absolute atomic E-state index is 11.9. The lowest BCUT2D eigenvalue weighted by molar-refractivity contribution is -0.132. The zero-order valence-electron chi connectivity index (χ0n) is 18.3. The van der Waals surface area contributed by atoms with Crippen molar-refractivity contribution in [2.24, 2.45) is 0 Å². The van der Waals surface area contributed by atoms with Gasteiger partial charge in [-0.15, -0.1) is 0 Å². The van der Waals surface area contributed by atoms with Crippen molar-refractivity contribution in [3.63, 3.8) is 0 Å². The highest BCUT2D eigenvalue weighted by Crippen LogP contribution is 2.30. The minimum Gasteiger partial charge on any atom is -0.377 e. The van der Waals surface area contributed by atoms with Gasteiger partial charge in [-0.2, -0.15) is 0 Å². The van der Waals surface area contributed by atoms with Gasteiger partial charge in [0.2, 0.25) is 5.91 Å². The molecule has 0 spiro atoms. The number of halogens is 1. The van der Waals surface area contributed by atoms with Crippen molar-refractivity contribution < 1.29 is 19.8 Å². The quantitative estimate of drug-likeness (QED) is 0.321. The average molecular weight is 462 g/mol. The van der Waals surface area contributed by atoms with Gasteiger partial charge < -0.3 is 15.2 Å². The maximum Gasteiger partial charge on any atom is 0.245 e. The molecule has 2 aromatic carbocycles. The van der Waals surface area contributed by atoms with Gasteiger partial charge >= 0.3 is 0 Å². The van der Waals surface area contributed by atoms with E-state index >= 15 is 0 Å². The average Bonchev–Trinajstić information content (AvgIpc) is 2.83. The van der Waals surface area contributed by atoms with Crippen LogP contribution in [0, 0.1) is 0 Å². The molecule has 4 N–H and O–H groups in total. The van der Waals surface area contributed by atoms with Crippen LogP contribution < -0.4 is 10.8 Å². The van der Waals surface area contributed by atoms with Gasteiger partial charge in [0.1, 0.15) is 6.23 Å². The lowest BCUT2D eigenvalue weighted by Crippen LogP contribution is -2.45. The van der Waals surface area contributed by atoms with Crippen LogP contribution in [0.25, 0.3) is 0 Å². The second-order valence-corrected chi connectivity index (χ2v) is 8.43. The molecule has 0 radical (unpaired) electrons. The van der Waals surface area contributed by atoms with Crippen LogP contribution in [0.5, 0.6) is 0 Å². The molecular formula is C24H32ClN3O4. The summed E-state index contributed by atoms with van der Waals surface area (Å²) in [4.78, 5) is 14.0. The van der Waals surface area contributed by atoms with E-state index in [1.807, 2.05) is 60.4 Å². The Morgan fingerprint density at radius 2 is 1.75 bits per heavy atom. The molecule has 1 heterocycles. The number of amides is 1. The van der Waals surface area contributed by atoms with Crippen molar-refractivity contribution in [1.29, 1.82) is 0 Å². The van der Waals surface area contributed by atoms with Crippen LogP contribution >= 0.6 is 11.6 Å². The molecule has 0 saturated carbocycles. The number of carbonyl (C=O) groups is 1. The first kappa shape index (κ1) is 24.6. The molecule has 8 heteroatoms. The second kappa shape index (κ2) is 12.3. The summed E-state index contributed by atoms with van der Waals surface area (Å²) in [6, 6.07) is 15.5. The normalized spacial score (nSPS) is 17.5. The van der Waals surface area contributed by atoms with Crippen molar-refractivity contribution >= 4 is 17.5 Å². The predicted octanol–water partition coefficient (Wildman–Crippen LogP) is 2.86. The first-order valence-corrected chi connectivity index (χ1v) is 11.4. The molecule has 2 aromatic rings. The topological polar surface area (TPSA) is 94.1 Å². The third-order valence-electron chi connectivity index (χ3n) is 5.87. The first-order chi connectivity index (χ1) is 15.5. The largest absolute Gasteiger partial charge is 0.377 e. The summed E-state index contributed by atoms with van der Waals surface area (Å²) >= 11 is 6.04. The molecule has 1 aliphatic rings. The number of rotatable bonds is 10. The molecule has 1 amide bonds. The van der Waals surface area contributed by atoms with E-state index in [0.717, 1.165) is 42.9 Å². The number of piperazine rings is 1. The van der Waals surface area contributed by atoms with Crippen LogP contribution in [-0.4, -0.2) is 60.0 Å². The zero-order chi connectivity index (χ0) is 22.9. The summed E-state index contributed by atoms with van der Waals surface area (Å²) in [5.41, 5.74) is 4.62. The minimum atomic E-state index is -0.649. The number of aliphatic hydroxyl groups is 1. The van der Waals surface area contributed by atoms with E-state index in [1.54, 1.807) is 5.48 Å². The number of hydrogen-bond donors (Lipinski definition) is 4. The van der Waals surface area contributed by atoms with Crippen molar-refractivity contribution in [3.05, 3.63) is 70.2 Å². The lowest BCUT2D eigenvalue weighted by Gasteiger charge is -2.32. The lowest BCUT2D eigenvalue weighted by atomic mass is 9.85. The van der Waals surface area contributed by atoms with Crippen molar-refractivity contribution in [1.82, 2.24) is 15.7 Å². The Bertz CT molecular complexity index is 841. The first-order valence-electron chi connectivity index (χ1n) is 11.0. The molecule has 174 valence electrons. The fourth-order valence-electron chi connectivity index (χ4n) is 4.15. The predicted molar refractivity (Wildman–Crippen MR) is 124 cm³/mol. The Kier molecular flexibility index (Phi) is 9.47. The molecule has 0 aromatic heterocycles. The molecule has 3 rings (SSSR count). The van der Waals surface area contributed by atoms with Crippen LogP contribution in [0.4, 0.5) is 0 Å². The zero-order valence-corrected chi connectivity index (χ0v) is 19.1. The van der Waals surface area contributed by atoms with Gasteiger partial charge in [-0.05, 0) is 42.2 Å². The Hall–Kier alpha value is -2.00. The molecule has 1 fully saturated rings. The summed E-state index contributed by atoms with van der Waals surface area (Å²) in [5.74, 6) is -0.617. The number of nitrogens with one attached hydrogen (secondary N) is 2. The fraction of sp³-hybridized carbons (Fsp3) is 0.458. The van der Waals surface area contributed by atoms with E-state index in [1.165, 1.54) is 0 Å². The monoisotopic (exact) mass is 461 g/mol. The number of ether oxygens (including phenoxy) is 1. The molecule has 7 nitrogen and oxygen atoms in total. The highest BCUT2D eigenvalue weighted by atomic mass is 35.5. The maximum atomic E-state index is 11.9. The van der Waals surface area contributed by atoms with E-state index in [2.05, 4.69) is 5.32 Å². The number of hydrogen-bond acceptors (Lipinski definition) is 6. The fourth-order valence-corrected chi connectivity index (χ4v) is 4.28. The van der Waals surface area contributed by atoms with E-state index in [-0.39, 0.29) is 12.3 Å². The Balaban J connectivity index is 1.85. The van der Waals surface area contributed by atoms with Gasteiger partial charge in [-0.1, -0.05) is 48.0 Å². The van der Waals surface area contributed by atoms with Gasteiger partial charge in [-0.3, -0.25) is 14.9 Å². The highest BCUT2D eigenvalue weighted by Gasteiger charge is 2.27. The SMILES string of the molecule is CCO[C@H](CC(=O)NO)[C@H](Cc1ccc(Cl)cc1)c1ccc(C(O)N2CCNCC2)cc1. The number of carbonyl (C=O) groups excluding carboxylic acids is 1. The van der Waals surface area contributed by atoms with Crippen LogP contribution in [0.1, 0.15) is 42.2 Å². The Morgan fingerprint density at radius 1 is 1.12 bits per heavy atom. The summed E-state index contributed by atoms with van der Waals surface area (Å²) in [7, 11) is 0. The molecule has 0 bridgehead atoms. The van der Waals surface area contributed by atoms with Crippen LogP contribution in [0.2, 0.25) is 5.02 Å². The van der Waals surface area contributed by atoms with Gasteiger partial charge in [0.25, 0.3) is 0 Å². The van der Waals surface area contributed by atoms with Gasteiger partial charge in [0.15, 0.2) is 0 Å². The minimum absolute atomic E-state index is 0.0355. The van der Waals surface area contributed by atoms with E-state index < -0.39 is 18.2 Å². The summed E-state index contributed by atoms with van der Waals surface area (Å²) in [6.45, 7) is 5.65. The molecule has 0 aliphatic carbocycles. The number of nitrogens with zero attached hydrogens (tertiary/aromatic N) is 1. The highest BCUT2D eigenvalue weighted by molar-refractivity contribution is 6.30. The second-order valence-electron chi connectivity index (χ2n) is 8.00. The van der Waals surface area contributed by atoms with Gasteiger partial charge in [0.05, 0.1) is 12.5 Å². The van der Waals surface area contributed by atoms with Crippen molar-refractivity contribution in [3.8, 4) is 0 Å². The molecule has 1 saturated heterocycles. The molecule has 3 atom stereocenters. The standard InChI is InChI=1S/C24H32ClN3O4/c1-2-32-22(16-23(29)27-31)21(15-17-3-9-20(25)10-4-17)18-5-7-19(8-6-18)24(30)28-13-11-26-12-14-28/h3-10,21-22,24,26,30-31H,2,11-16H2,1H3,(H,27,29)/t21-,22-,24?/m1/s1. The number of aliphatic hydroxyl groups excluding tert-OH is 1. The number of benzene rings is 2. The van der Waals surface area contributed by atoms with Gasteiger partial charge in [0, 0.05) is 43.7 Å². The molecule has 32 heavy (non-hydrogen) atoms. The Morgan fingerprint density at radius 3 is 2.34 bits per heavy atom. The summed E-state index contributed by atoms with van der Waals surface area (Å²) in [6.07, 6.45) is -0.399. The van der Waals surface area contributed by atoms with Crippen LogP contribution in [0.15, 0.2) is 48.5 Å². The van der Waals surface area contributed by atoms with Crippen molar-refractivity contribution in [2.75, 3.05) is 32.8 Å². The molecular weight excluding hydrogens is 430 g/mol. The van der Waals surface area contributed by atoms with Gasteiger partial charge in [-0.25, -0.2) is 5.48 Å². The van der Waals surface area contributed by atoms with E-state index in [9.17, 15) is 9.90 Å². The van der Waals surface area contributed by atoms with Crippen molar-refractivity contribution in [2.45, 2.75) is 38.0 Å². The van der Waals surface area contributed by atoms with E-state index in [4.69, 9.17) is 21.5 Å². The molecule has 1 unspecified atom stereocenters. The number of hydroxylamine groups is 1. The smallest absolute Gasteiger partial charge is 0.245 e. The summed E-state index contributed by atoms with van der Waals surface area (Å²) < 4.78 is 5.94. The van der Waals surface area contributed by atoms with Crippen LogP contribution in [-0.2, 0) is 16.0 Å². The summed E-state index contributed by atoms with van der Waals surface area (Å²) in [5, 5.41) is 23.8. The third-order valence-corrected chi connectivity index (χ3v) is 6.12. The van der Waals surface area contributed by atoms with Crippen LogP contribution in [0.3, 0.4) is 0 Å². The third kappa shape index (κ3) is 6.75.